The Balaban J connectivity index is 1.53. The second kappa shape index (κ2) is 6.84. The highest BCUT2D eigenvalue weighted by Gasteiger charge is 2.56. The second-order valence-corrected chi connectivity index (χ2v) is 7.74. The smallest absolute Gasteiger partial charge is 0.227 e. The summed E-state index contributed by atoms with van der Waals surface area (Å²) in [5.74, 6) is -0.197. The van der Waals surface area contributed by atoms with Crippen molar-refractivity contribution >= 4 is 5.91 Å². The summed E-state index contributed by atoms with van der Waals surface area (Å²) >= 11 is 0. The van der Waals surface area contributed by atoms with Gasteiger partial charge in [-0.05, 0) is 48.9 Å². The zero-order valence-electron chi connectivity index (χ0n) is 14.8. The van der Waals surface area contributed by atoms with Gasteiger partial charge in [0, 0.05) is 17.5 Å². The van der Waals surface area contributed by atoms with Crippen LogP contribution in [0.25, 0.3) is 0 Å². The van der Waals surface area contributed by atoms with Crippen LogP contribution < -0.4 is 0 Å². The quantitative estimate of drug-likeness (QED) is 0.895. The molecule has 2 aliphatic heterocycles. The number of rotatable bonds is 5. The van der Waals surface area contributed by atoms with E-state index in [2.05, 4.69) is 12.1 Å². The molecule has 0 saturated carbocycles. The van der Waals surface area contributed by atoms with Gasteiger partial charge in [-0.15, -0.1) is 0 Å². The van der Waals surface area contributed by atoms with Crippen molar-refractivity contribution in [3.8, 4) is 0 Å². The number of nitrogens with zero attached hydrogens (tertiary/aromatic N) is 1. The molecule has 0 aliphatic carbocycles. The predicted molar refractivity (Wildman–Crippen MR) is 98.0 cm³/mol. The summed E-state index contributed by atoms with van der Waals surface area (Å²) in [5.41, 5.74) is 1.79. The number of carbonyl (C=O) groups is 1. The van der Waals surface area contributed by atoms with Gasteiger partial charge < -0.3 is 10.0 Å². The number of aliphatic hydroxyl groups excluding tert-OH is 1. The number of fused-ring (bicyclic) bond motifs is 2. The minimum atomic E-state index is -0.287. The normalized spacial score (nSPS) is 27.1. The van der Waals surface area contributed by atoms with E-state index in [1.54, 1.807) is 12.1 Å². The lowest BCUT2D eigenvalue weighted by molar-refractivity contribution is -0.132. The fourth-order valence-electron chi connectivity index (χ4n) is 4.95. The van der Waals surface area contributed by atoms with Crippen molar-refractivity contribution in [1.29, 1.82) is 0 Å². The molecule has 136 valence electrons. The highest BCUT2D eigenvalue weighted by Crippen LogP contribution is 2.51. The van der Waals surface area contributed by atoms with Crippen LogP contribution in [0.2, 0.25) is 0 Å². The zero-order chi connectivity index (χ0) is 18.1. The number of aliphatic hydroxyl groups is 1. The third-order valence-corrected chi connectivity index (χ3v) is 6.12. The van der Waals surface area contributed by atoms with Crippen LogP contribution in [0.1, 0.15) is 30.4 Å². The van der Waals surface area contributed by atoms with Gasteiger partial charge in [0.2, 0.25) is 5.91 Å². The Labute approximate surface area is 153 Å². The maximum Gasteiger partial charge on any atom is 0.227 e. The van der Waals surface area contributed by atoms with E-state index in [-0.39, 0.29) is 35.8 Å². The van der Waals surface area contributed by atoms with E-state index in [1.807, 2.05) is 23.1 Å². The van der Waals surface area contributed by atoms with Crippen molar-refractivity contribution in [3.05, 3.63) is 71.5 Å². The molecule has 0 unspecified atom stereocenters. The first-order chi connectivity index (χ1) is 12.6. The Morgan fingerprint density at radius 2 is 1.81 bits per heavy atom. The van der Waals surface area contributed by atoms with Crippen LogP contribution in [0, 0.1) is 11.2 Å². The molecule has 2 aromatic rings. The molecule has 2 saturated heterocycles. The number of amides is 1. The standard InChI is InChI=1S/C22H24FNO2/c23-18-8-6-16(7-9-18)12-21(26)24-19-10-11-20(24)22(14-19,15-25)13-17-4-2-1-3-5-17/h1-9,19-20,25H,10-15H2/t19-,20+,22-/m0/s1. The van der Waals surface area contributed by atoms with Crippen molar-refractivity contribution in [2.45, 2.75) is 44.2 Å². The summed E-state index contributed by atoms with van der Waals surface area (Å²) in [6.07, 6.45) is 3.91. The maximum atomic E-state index is 13.1. The van der Waals surface area contributed by atoms with Crippen LogP contribution in [0.4, 0.5) is 4.39 Å². The average Bonchev–Trinajstić information content (AvgIpc) is 3.21. The lowest BCUT2D eigenvalue weighted by Crippen LogP contribution is -2.44. The van der Waals surface area contributed by atoms with E-state index in [0.29, 0.717) is 6.42 Å². The molecule has 0 spiro atoms. The molecule has 1 N–H and O–H groups in total. The molecule has 0 radical (unpaired) electrons. The second-order valence-electron chi connectivity index (χ2n) is 7.74. The number of hydrogen-bond donors (Lipinski definition) is 1. The molecule has 4 rings (SSSR count). The lowest BCUT2D eigenvalue weighted by Gasteiger charge is -2.36. The van der Waals surface area contributed by atoms with Crippen molar-refractivity contribution in [3.63, 3.8) is 0 Å². The monoisotopic (exact) mass is 353 g/mol. The Hall–Kier alpha value is -2.20. The summed E-state index contributed by atoms with van der Waals surface area (Å²) in [6.45, 7) is 0.101. The fraction of sp³-hybridized carbons (Fsp3) is 0.409. The van der Waals surface area contributed by atoms with Gasteiger partial charge in [-0.25, -0.2) is 4.39 Å². The first-order valence-corrected chi connectivity index (χ1v) is 9.32. The molecule has 1 amide bonds. The van der Waals surface area contributed by atoms with E-state index >= 15 is 0 Å². The summed E-state index contributed by atoms with van der Waals surface area (Å²) < 4.78 is 13.1. The number of carbonyl (C=O) groups excluding carboxylic acids is 1. The molecule has 3 nitrogen and oxygen atoms in total. The van der Waals surface area contributed by atoms with Gasteiger partial charge in [0.1, 0.15) is 5.82 Å². The van der Waals surface area contributed by atoms with E-state index in [0.717, 1.165) is 31.2 Å². The van der Waals surface area contributed by atoms with Crippen molar-refractivity contribution in [1.82, 2.24) is 4.90 Å². The van der Waals surface area contributed by atoms with Crippen LogP contribution in [-0.4, -0.2) is 34.6 Å². The number of benzene rings is 2. The average molecular weight is 353 g/mol. The third kappa shape index (κ3) is 3.03. The summed E-state index contributed by atoms with van der Waals surface area (Å²) in [7, 11) is 0. The van der Waals surface area contributed by atoms with Crippen LogP contribution in [-0.2, 0) is 17.6 Å². The molecule has 2 heterocycles. The molecule has 26 heavy (non-hydrogen) atoms. The van der Waals surface area contributed by atoms with Gasteiger partial charge >= 0.3 is 0 Å². The Morgan fingerprint density at radius 3 is 2.50 bits per heavy atom. The lowest BCUT2D eigenvalue weighted by atomic mass is 9.70. The van der Waals surface area contributed by atoms with Crippen LogP contribution in [0.15, 0.2) is 54.6 Å². The summed E-state index contributed by atoms with van der Waals surface area (Å²) in [5, 5.41) is 10.2. The van der Waals surface area contributed by atoms with Gasteiger partial charge in [0.05, 0.1) is 13.0 Å². The molecular weight excluding hydrogens is 329 g/mol. The molecule has 2 aromatic carbocycles. The molecule has 2 bridgehead atoms. The van der Waals surface area contributed by atoms with Crippen LogP contribution in [0.5, 0.6) is 0 Å². The highest BCUT2D eigenvalue weighted by molar-refractivity contribution is 5.80. The van der Waals surface area contributed by atoms with E-state index in [4.69, 9.17) is 0 Å². The Morgan fingerprint density at radius 1 is 1.08 bits per heavy atom. The minimum absolute atomic E-state index is 0.0886. The molecule has 3 atom stereocenters. The zero-order valence-corrected chi connectivity index (χ0v) is 14.8. The molecule has 0 aromatic heterocycles. The number of hydrogen-bond acceptors (Lipinski definition) is 2. The Kier molecular flexibility index (Phi) is 4.53. The van der Waals surface area contributed by atoms with Gasteiger partial charge in [0.15, 0.2) is 0 Å². The first kappa shape index (κ1) is 17.2. The number of halogens is 1. The third-order valence-electron chi connectivity index (χ3n) is 6.12. The van der Waals surface area contributed by atoms with Crippen molar-refractivity contribution < 1.29 is 14.3 Å². The van der Waals surface area contributed by atoms with Gasteiger partial charge in [-0.3, -0.25) is 4.79 Å². The summed E-state index contributed by atoms with van der Waals surface area (Å²) in [6, 6.07) is 16.7. The molecule has 2 fully saturated rings. The van der Waals surface area contributed by atoms with Gasteiger partial charge in [-0.2, -0.15) is 0 Å². The van der Waals surface area contributed by atoms with Crippen LogP contribution >= 0.6 is 0 Å². The fourth-order valence-corrected chi connectivity index (χ4v) is 4.95. The van der Waals surface area contributed by atoms with E-state index in [1.165, 1.54) is 17.7 Å². The Bertz CT molecular complexity index is 776. The predicted octanol–water partition coefficient (Wildman–Crippen LogP) is 3.35. The topological polar surface area (TPSA) is 40.5 Å². The van der Waals surface area contributed by atoms with E-state index < -0.39 is 0 Å². The minimum Gasteiger partial charge on any atom is -0.396 e. The van der Waals surface area contributed by atoms with Crippen molar-refractivity contribution in [2.75, 3.05) is 6.61 Å². The largest absolute Gasteiger partial charge is 0.396 e. The SMILES string of the molecule is O=C(Cc1ccc(F)cc1)N1[C@H]2CC[C@@H]1[C@@](CO)(Cc1ccccc1)C2. The van der Waals surface area contributed by atoms with Gasteiger partial charge in [0.25, 0.3) is 0 Å². The molecular formula is C22H24FNO2. The van der Waals surface area contributed by atoms with Crippen LogP contribution in [0.3, 0.4) is 0 Å². The molecule has 4 heteroatoms. The maximum absolute atomic E-state index is 13.1. The molecule has 2 aliphatic rings. The summed E-state index contributed by atoms with van der Waals surface area (Å²) in [4.78, 5) is 15.0. The van der Waals surface area contributed by atoms with Gasteiger partial charge in [-0.1, -0.05) is 42.5 Å². The first-order valence-electron chi connectivity index (χ1n) is 9.32. The van der Waals surface area contributed by atoms with E-state index in [9.17, 15) is 14.3 Å². The van der Waals surface area contributed by atoms with Crippen molar-refractivity contribution in [2.24, 2.45) is 5.41 Å². The highest BCUT2D eigenvalue weighted by atomic mass is 19.1.